The lowest BCUT2D eigenvalue weighted by molar-refractivity contribution is 0.0643. The van der Waals surface area contributed by atoms with E-state index in [0.29, 0.717) is 5.69 Å². The van der Waals surface area contributed by atoms with Crippen LogP contribution < -0.4 is 0 Å². The first kappa shape index (κ1) is 12.2. The second-order valence-corrected chi connectivity index (χ2v) is 4.44. The molecule has 0 aromatic carbocycles. The molecule has 1 amide bonds. The minimum absolute atomic E-state index is 0.132. The normalized spacial score (nSPS) is 10.7. The van der Waals surface area contributed by atoms with E-state index in [2.05, 4.69) is 15.9 Å². The van der Waals surface area contributed by atoms with E-state index in [-0.39, 0.29) is 17.3 Å². The molecule has 16 heavy (non-hydrogen) atoms. The molecule has 0 aliphatic carbocycles. The highest BCUT2D eigenvalue weighted by Gasteiger charge is 2.25. The summed E-state index contributed by atoms with van der Waals surface area (Å²) < 4.78 is 0. The van der Waals surface area contributed by atoms with Crippen molar-refractivity contribution in [1.29, 1.82) is 0 Å². The van der Waals surface area contributed by atoms with Crippen LogP contribution in [0.2, 0.25) is 0 Å². The molecule has 0 aliphatic heterocycles. The molecular formula is C12H15N3O. The maximum absolute atomic E-state index is 12.0. The van der Waals surface area contributed by atoms with Gasteiger partial charge in [0, 0.05) is 18.8 Å². The summed E-state index contributed by atoms with van der Waals surface area (Å²) in [5.41, 5.74) is 0.146. The van der Waals surface area contributed by atoms with E-state index < -0.39 is 0 Å². The standard InChI is InChI=1S/C12H15N3O/c1-6-9-7-8-13-10(14-9)11(16)15(5)12(2,3)4/h1,7-8H,2-5H3. The van der Waals surface area contributed by atoms with Crippen molar-refractivity contribution >= 4 is 5.91 Å². The van der Waals surface area contributed by atoms with E-state index in [1.54, 1.807) is 18.0 Å². The zero-order chi connectivity index (χ0) is 12.3. The number of hydrogen-bond acceptors (Lipinski definition) is 3. The molecule has 4 nitrogen and oxygen atoms in total. The molecule has 0 spiro atoms. The van der Waals surface area contributed by atoms with Gasteiger partial charge in [-0.15, -0.1) is 6.42 Å². The molecule has 0 saturated heterocycles. The number of hydrogen-bond donors (Lipinski definition) is 0. The lowest BCUT2D eigenvalue weighted by Gasteiger charge is -2.31. The molecule has 0 bridgehead atoms. The number of carbonyl (C=O) groups excluding carboxylic acids is 1. The quantitative estimate of drug-likeness (QED) is 0.667. The molecule has 0 fully saturated rings. The first-order valence-corrected chi connectivity index (χ1v) is 4.94. The topological polar surface area (TPSA) is 46.1 Å². The first-order valence-electron chi connectivity index (χ1n) is 4.94. The Labute approximate surface area is 95.7 Å². The molecule has 84 valence electrons. The Kier molecular flexibility index (Phi) is 3.28. The molecule has 1 heterocycles. The molecule has 1 aromatic rings. The Bertz CT molecular complexity index is 440. The Balaban J connectivity index is 3.02. The second-order valence-electron chi connectivity index (χ2n) is 4.44. The molecule has 1 rings (SSSR count). The van der Waals surface area contributed by atoms with E-state index >= 15 is 0 Å². The van der Waals surface area contributed by atoms with Crippen LogP contribution in [-0.2, 0) is 0 Å². The number of amides is 1. The minimum Gasteiger partial charge on any atom is -0.334 e. The fourth-order valence-corrected chi connectivity index (χ4v) is 0.997. The highest BCUT2D eigenvalue weighted by atomic mass is 16.2. The first-order chi connectivity index (χ1) is 7.36. The van der Waals surface area contributed by atoms with Crippen LogP contribution >= 0.6 is 0 Å². The van der Waals surface area contributed by atoms with Crippen LogP contribution in [0.25, 0.3) is 0 Å². The maximum Gasteiger partial charge on any atom is 0.291 e. The van der Waals surface area contributed by atoms with E-state index in [1.165, 1.54) is 6.20 Å². The summed E-state index contributed by atoms with van der Waals surface area (Å²) in [5.74, 6) is 2.28. The van der Waals surface area contributed by atoms with Gasteiger partial charge in [0.15, 0.2) is 0 Å². The Hall–Kier alpha value is -1.89. The van der Waals surface area contributed by atoms with Crippen molar-refractivity contribution in [2.24, 2.45) is 0 Å². The van der Waals surface area contributed by atoms with Crippen LogP contribution in [0.15, 0.2) is 12.3 Å². The third-order valence-corrected chi connectivity index (χ3v) is 2.31. The zero-order valence-corrected chi connectivity index (χ0v) is 9.98. The molecule has 4 heteroatoms. The number of aromatic nitrogens is 2. The molecule has 0 saturated carbocycles. The van der Waals surface area contributed by atoms with Gasteiger partial charge in [0.05, 0.1) is 0 Å². The van der Waals surface area contributed by atoms with Crippen LogP contribution in [-0.4, -0.2) is 33.4 Å². The van der Waals surface area contributed by atoms with Gasteiger partial charge in [-0.1, -0.05) is 5.92 Å². The third-order valence-electron chi connectivity index (χ3n) is 2.31. The van der Waals surface area contributed by atoms with E-state index in [9.17, 15) is 4.79 Å². The molecule has 0 N–H and O–H groups in total. The monoisotopic (exact) mass is 217 g/mol. The summed E-state index contributed by atoms with van der Waals surface area (Å²) in [6.45, 7) is 5.82. The number of rotatable bonds is 1. The van der Waals surface area contributed by atoms with Crippen LogP contribution in [0.5, 0.6) is 0 Å². The Morgan fingerprint density at radius 3 is 2.62 bits per heavy atom. The van der Waals surface area contributed by atoms with Gasteiger partial charge < -0.3 is 4.90 Å². The number of nitrogens with zero attached hydrogens (tertiary/aromatic N) is 3. The predicted octanol–water partition coefficient (Wildman–Crippen LogP) is 1.33. The zero-order valence-electron chi connectivity index (χ0n) is 9.98. The fourth-order valence-electron chi connectivity index (χ4n) is 0.997. The van der Waals surface area contributed by atoms with Crippen LogP contribution in [0.4, 0.5) is 0 Å². The van der Waals surface area contributed by atoms with Gasteiger partial charge >= 0.3 is 0 Å². The molecule has 0 unspecified atom stereocenters. The summed E-state index contributed by atoms with van der Waals surface area (Å²) in [6.07, 6.45) is 6.71. The lowest BCUT2D eigenvalue weighted by atomic mass is 10.1. The van der Waals surface area contributed by atoms with Crippen molar-refractivity contribution in [1.82, 2.24) is 14.9 Å². The van der Waals surface area contributed by atoms with Crippen molar-refractivity contribution < 1.29 is 4.79 Å². The van der Waals surface area contributed by atoms with E-state index in [1.807, 2.05) is 20.8 Å². The van der Waals surface area contributed by atoms with Crippen LogP contribution in [0, 0.1) is 12.3 Å². The molecule has 0 atom stereocenters. The summed E-state index contributed by atoms with van der Waals surface area (Å²) in [5, 5.41) is 0. The Morgan fingerprint density at radius 1 is 1.50 bits per heavy atom. The summed E-state index contributed by atoms with van der Waals surface area (Å²) in [6, 6.07) is 1.59. The third kappa shape index (κ3) is 2.57. The summed E-state index contributed by atoms with van der Waals surface area (Å²) in [4.78, 5) is 21.5. The smallest absolute Gasteiger partial charge is 0.291 e. The van der Waals surface area contributed by atoms with Gasteiger partial charge in [0.1, 0.15) is 5.69 Å². The molecule has 0 aliphatic rings. The summed E-state index contributed by atoms with van der Waals surface area (Å²) >= 11 is 0. The van der Waals surface area contributed by atoms with Gasteiger partial charge in [-0.2, -0.15) is 0 Å². The fraction of sp³-hybridized carbons (Fsp3) is 0.417. The van der Waals surface area contributed by atoms with Gasteiger partial charge in [-0.25, -0.2) is 9.97 Å². The van der Waals surface area contributed by atoms with Crippen molar-refractivity contribution in [3.8, 4) is 12.3 Å². The highest BCUT2D eigenvalue weighted by Crippen LogP contribution is 2.12. The van der Waals surface area contributed by atoms with E-state index in [0.717, 1.165) is 0 Å². The largest absolute Gasteiger partial charge is 0.334 e. The number of terminal acetylenes is 1. The molecular weight excluding hydrogens is 202 g/mol. The van der Waals surface area contributed by atoms with Crippen molar-refractivity contribution in [2.45, 2.75) is 26.3 Å². The van der Waals surface area contributed by atoms with Gasteiger partial charge in [0.2, 0.25) is 5.82 Å². The number of carbonyl (C=O) groups is 1. The second kappa shape index (κ2) is 4.31. The average Bonchev–Trinajstić information content (AvgIpc) is 2.26. The maximum atomic E-state index is 12.0. The minimum atomic E-state index is -0.271. The van der Waals surface area contributed by atoms with Gasteiger partial charge in [-0.3, -0.25) is 4.79 Å². The Morgan fingerprint density at radius 2 is 2.12 bits per heavy atom. The highest BCUT2D eigenvalue weighted by molar-refractivity contribution is 5.90. The van der Waals surface area contributed by atoms with Crippen LogP contribution in [0.1, 0.15) is 37.1 Å². The average molecular weight is 217 g/mol. The predicted molar refractivity (Wildman–Crippen MR) is 61.8 cm³/mol. The molecule has 0 radical (unpaired) electrons. The molecule has 1 aromatic heterocycles. The van der Waals surface area contributed by atoms with Crippen LogP contribution in [0.3, 0.4) is 0 Å². The van der Waals surface area contributed by atoms with Crippen molar-refractivity contribution in [3.05, 3.63) is 23.8 Å². The van der Waals surface area contributed by atoms with Crippen molar-refractivity contribution in [2.75, 3.05) is 7.05 Å². The lowest BCUT2D eigenvalue weighted by Crippen LogP contribution is -2.43. The van der Waals surface area contributed by atoms with Crippen molar-refractivity contribution in [3.63, 3.8) is 0 Å². The SMILES string of the molecule is C#Cc1ccnc(C(=O)N(C)C(C)(C)C)n1. The van der Waals surface area contributed by atoms with Gasteiger partial charge in [-0.05, 0) is 26.8 Å². The summed E-state index contributed by atoms with van der Waals surface area (Å²) in [7, 11) is 1.72. The van der Waals surface area contributed by atoms with Gasteiger partial charge in [0.25, 0.3) is 5.91 Å². The van der Waals surface area contributed by atoms with E-state index in [4.69, 9.17) is 6.42 Å².